The summed E-state index contributed by atoms with van der Waals surface area (Å²) in [4.78, 5) is 29.9. The first-order chi connectivity index (χ1) is 14.7. The minimum Gasteiger partial charge on any atom is -0.423 e. The fourth-order valence-corrected chi connectivity index (χ4v) is 5.58. The molecule has 1 aliphatic rings. The Morgan fingerprint density at radius 1 is 1.06 bits per heavy atom. The molecule has 8 nitrogen and oxygen atoms in total. The highest BCUT2D eigenvalue weighted by atomic mass is 35.5. The van der Waals surface area contributed by atoms with Crippen molar-refractivity contribution in [2.45, 2.75) is 4.21 Å². The van der Waals surface area contributed by atoms with Crippen LogP contribution in [-0.2, 0) is 10.0 Å². The number of aromatic nitrogens is 1. The summed E-state index contributed by atoms with van der Waals surface area (Å²) in [6, 6.07) is 10.6. The van der Waals surface area contributed by atoms with Crippen molar-refractivity contribution in [3.63, 3.8) is 0 Å². The van der Waals surface area contributed by atoms with Crippen molar-refractivity contribution in [1.29, 1.82) is 0 Å². The van der Waals surface area contributed by atoms with Gasteiger partial charge in [-0.05, 0) is 24.3 Å². The number of benzene rings is 2. The van der Waals surface area contributed by atoms with Crippen molar-refractivity contribution in [3.05, 3.63) is 69.8 Å². The molecule has 2 aromatic heterocycles. The molecule has 0 radical (unpaired) electrons. The minimum atomic E-state index is -4.01. The molecule has 5 rings (SSSR count). The number of rotatable bonds is 4. The second kappa shape index (κ2) is 6.87. The number of amides is 2. The van der Waals surface area contributed by atoms with Gasteiger partial charge in [-0.2, -0.15) is 4.98 Å². The number of oxazole rings is 1. The number of hydrogen-bond acceptors (Lipinski definition) is 7. The van der Waals surface area contributed by atoms with Crippen LogP contribution >= 0.6 is 22.9 Å². The SMILES string of the molecule is O=C1c2ccccc2C(=O)N1c1cc2oc(NS(=O)(=O)c3ccc(Cl)s3)nc2cc1F. The number of carbonyl (C=O) groups is 2. The molecule has 31 heavy (non-hydrogen) atoms. The van der Waals surface area contributed by atoms with Gasteiger partial charge in [-0.25, -0.2) is 22.4 Å². The predicted octanol–water partition coefficient (Wildman–Crippen LogP) is 4.28. The summed E-state index contributed by atoms with van der Waals surface area (Å²) in [6.07, 6.45) is 0. The van der Waals surface area contributed by atoms with Gasteiger partial charge >= 0.3 is 6.01 Å². The number of carbonyl (C=O) groups excluding carboxylic acids is 2. The number of thiophene rings is 1. The van der Waals surface area contributed by atoms with Gasteiger partial charge in [0.05, 0.1) is 21.2 Å². The molecule has 0 bridgehead atoms. The van der Waals surface area contributed by atoms with Gasteiger partial charge in [0.15, 0.2) is 5.58 Å². The first-order valence-electron chi connectivity index (χ1n) is 8.61. The highest BCUT2D eigenvalue weighted by molar-refractivity contribution is 7.94. The van der Waals surface area contributed by atoms with Crippen LogP contribution in [0.15, 0.2) is 57.2 Å². The van der Waals surface area contributed by atoms with Gasteiger partial charge in [0.1, 0.15) is 15.5 Å². The van der Waals surface area contributed by atoms with Crippen LogP contribution in [-0.4, -0.2) is 25.2 Å². The van der Waals surface area contributed by atoms with E-state index >= 15 is 0 Å². The number of nitrogens with one attached hydrogen (secondary N) is 1. The number of sulfonamides is 1. The van der Waals surface area contributed by atoms with Gasteiger partial charge in [-0.3, -0.25) is 9.59 Å². The van der Waals surface area contributed by atoms with Crippen LogP contribution in [0.5, 0.6) is 0 Å². The fraction of sp³-hybridized carbons (Fsp3) is 0. The zero-order chi connectivity index (χ0) is 21.9. The molecule has 1 aliphatic heterocycles. The second-order valence-corrected chi connectivity index (χ2v) is 10.1. The lowest BCUT2D eigenvalue weighted by Crippen LogP contribution is -2.30. The van der Waals surface area contributed by atoms with E-state index in [0.29, 0.717) is 4.90 Å². The quantitative estimate of drug-likeness (QED) is 0.439. The first-order valence-corrected chi connectivity index (χ1v) is 11.3. The number of fused-ring (bicyclic) bond motifs is 2. The van der Waals surface area contributed by atoms with E-state index < -0.39 is 33.7 Å². The molecule has 0 spiro atoms. The molecule has 0 unspecified atom stereocenters. The Kier molecular flexibility index (Phi) is 4.36. The topological polar surface area (TPSA) is 110 Å². The van der Waals surface area contributed by atoms with Gasteiger partial charge in [0.25, 0.3) is 21.8 Å². The highest BCUT2D eigenvalue weighted by Gasteiger charge is 2.38. The lowest BCUT2D eigenvalue weighted by Gasteiger charge is -2.14. The summed E-state index contributed by atoms with van der Waals surface area (Å²) in [6.45, 7) is 0. The Hall–Kier alpha value is -3.28. The van der Waals surface area contributed by atoms with Crippen molar-refractivity contribution >= 4 is 67.6 Å². The molecule has 0 aliphatic carbocycles. The molecule has 0 atom stereocenters. The number of anilines is 2. The summed E-state index contributed by atoms with van der Waals surface area (Å²) in [5.74, 6) is -2.24. The molecule has 4 aromatic rings. The van der Waals surface area contributed by atoms with Crippen LogP contribution in [0.2, 0.25) is 4.34 Å². The molecule has 12 heteroatoms. The van der Waals surface area contributed by atoms with Crippen LogP contribution < -0.4 is 9.62 Å². The van der Waals surface area contributed by atoms with E-state index in [0.717, 1.165) is 23.5 Å². The fourth-order valence-electron chi connectivity index (χ4n) is 3.17. The Balaban J connectivity index is 1.52. The van der Waals surface area contributed by atoms with Gasteiger partial charge in [-0.1, -0.05) is 23.7 Å². The Bertz CT molecular complexity index is 1480. The summed E-state index contributed by atoms with van der Waals surface area (Å²) in [5, 5.41) is 0. The van der Waals surface area contributed by atoms with Crippen molar-refractivity contribution < 1.29 is 26.8 Å². The van der Waals surface area contributed by atoms with Gasteiger partial charge in [-0.15, -0.1) is 11.3 Å². The molecular formula is C19H9ClFN3O5S2. The average molecular weight is 478 g/mol. The third-order valence-electron chi connectivity index (χ3n) is 4.53. The standard InChI is InChI=1S/C19H9ClFN3O5S2/c20-15-5-6-16(30-15)31(27,28)23-19-22-12-7-11(21)13(8-14(12)29-19)24-17(25)9-3-1-2-4-10(9)18(24)26/h1-8H,(H,22,23). The lowest BCUT2D eigenvalue weighted by molar-refractivity contribution is 0.0925. The number of nitrogens with zero attached hydrogens (tertiary/aromatic N) is 2. The van der Waals surface area contributed by atoms with E-state index in [9.17, 15) is 22.4 Å². The Morgan fingerprint density at radius 2 is 1.74 bits per heavy atom. The van der Waals surface area contributed by atoms with E-state index in [1.54, 1.807) is 12.1 Å². The van der Waals surface area contributed by atoms with Crippen molar-refractivity contribution in [1.82, 2.24) is 4.98 Å². The monoisotopic (exact) mass is 477 g/mol. The van der Waals surface area contributed by atoms with E-state index in [-0.39, 0.29) is 36.5 Å². The minimum absolute atomic E-state index is 0.000212. The maximum atomic E-state index is 14.8. The van der Waals surface area contributed by atoms with Crippen molar-refractivity contribution in [2.24, 2.45) is 0 Å². The molecule has 1 N–H and O–H groups in total. The largest absolute Gasteiger partial charge is 0.423 e. The van der Waals surface area contributed by atoms with Crippen LogP contribution in [0.4, 0.5) is 16.1 Å². The van der Waals surface area contributed by atoms with E-state index in [1.807, 2.05) is 0 Å². The predicted molar refractivity (Wildman–Crippen MR) is 112 cm³/mol. The molecule has 3 heterocycles. The zero-order valence-electron chi connectivity index (χ0n) is 15.1. The maximum absolute atomic E-state index is 14.8. The zero-order valence-corrected chi connectivity index (χ0v) is 17.5. The highest BCUT2D eigenvalue weighted by Crippen LogP contribution is 2.34. The Morgan fingerprint density at radius 3 is 2.35 bits per heavy atom. The van der Waals surface area contributed by atoms with Crippen LogP contribution in [0.1, 0.15) is 20.7 Å². The summed E-state index contributed by atoms with van der Waals surface area (Å²) >= 11 is 6.61. The summed E-state index contributed by atoms with van der Waals surface area (Å²) in [5.41, 5.74) is -0.0239. The first kappa shape index (κ1) is 19.7. The lowest BCUT2D eigenvalue weighted by atomic mass is 10.1. The van der Waals surface area contributed by atoms with Gasteiger partial charge in [0, 0.05) is 12.1 Å². The van der Waals surface area contributed by atoms with Crippen LogP contribution in [0.3, 0.4) is 0 Å². The third kappa shape index (κ3) is 3.17. The number of halogens is 2. The number of imide groups is 1. The molecule has 2 aromatic carbocycles. The number of hydrogen-bond donors (Lipinski definition) is 1. The van der Waals surface area contributed by atoms with Crippen LogP contribution in [0.25, 0.3) is 11.1 Å². The van der Waals surface area contributed by atoms with Gasteiger partial charge < -0.3 is 4.42 Å². The van der Waals surface area contributed by atoms with E-state index in [2.05, 4.69) is 9.71 Å². The smallest absolute Gasteiger partial charge is 0.310 e. The molecule has 0 fully saturated rings. The van der Waals surface area contributed by atoms with E-state index in [4.69, 9.17) is 16.0 Å². The molecule has 156 valence electrons. The van der Waals surface area contributed by atoms with Gasteiger partial charge in [0.2, 0.25) is 0 Å². The molecule has 2 amide bonds. The summed E-state index contributed by atoms with van der Waals surface area (Å²) < 4.78 is 47.4. The second-order valence-electron chi connectivity index (χ2n) is 6.45. The normalized spacial score (nSPS) is 13.8. The molecule has 0 saturated carbocycles. The van der Waals surface area contributed by atoms with Crippen molar-refractivity contribution in [3.8, 4) is 0 Å². The molecular weight excluding hydrogens is 469 g/mol. The molecule has 0 saturated heterocycles. The average Bonchev–Trinajstić information content (AvgIpc) is 3.39. The Labute approximate surface area is 182 Å². The van der Waals surface area contributed by atoms with E-state index in [1.165, 1.54) is 24.3 Å². The maximum Gasteiger partial charge on any atom is 0.310 e. The van der Waals surface area contributed by atoms with Crippen LogP contribution in [0, 0.1) is 5.82 Å². The third-order valence-corrected chi connectivity index (χ3v) is 7.57. The summed E-state index contributed by atoms with van der Waals surface area (Å²) in [7, 11) is -4.01. The van der Waals surface area contributed by atoms with Crippen molar-refractivity contribution in [2.75, 3.05) is 9.62 Å².